The second kappa shape index (κ2) is 19.6. The van der Waals surface area contributed by atoms with E-state index in [1.165, 1.54) is 65.6 Å². The van der Waals surface area contributed by atoms with Gasteiger partial charge in [-0.2, -0.15) is 0 Å². The number of rotatable bonds is 11. The summed E-state index contributed by atoms with van der Waals surface area (Å²) < 4.78 is 7.73. The third-order valence-electron chi connectivity index (χ3n) is 12.7. The van der Waals surface area contributed by atoms with Crippen LogP contribution in [0.5, 0.6) is 0 Å². The van der Waals surface area contributed by atoms with Crippen LogP contribution in [-0.4, -0.2) is 30.6 Å². The molecular weight excluding hydrogens is 883 g/mol. The van der Waals surface area contributed by atoms with Gasteiger partial charge in [0.15, 0.2) is 0 Å². The molecule has 0 fully saturated rings. The molecule has 0 saturated carbocycles. The number of amides is 2. The molecule has 9 heteroatoms. The Balaban J connectivity index is 0.000000148. The zero-order chi connectivity index (χ0) is 47.6. The number of hydrogen-bond acceptors (Lipinski definition) is 3. The first-order valence-corrected chi connectivity index (χ1v) is 23.8. The van der Waals surface area contributed by atoms with Crippen LogP contribution in [0.2, 0.25) is 0 Å². The van der Waals surface area contributed by atoms with Crippen molar-refractivity contribution in [3.05, 3.63) is 154 Å². The van der Waals surface area contributed by atoms with Crippen molar-refractivity contribution in [1.82, 2.24) is 13.7 Å². The van der Waals surface area contributed by atoms with Crippen molar-refractivity contribution in [3.63, 3.8) is 0 Å². The maximum atomic E-state index is 11.2. The van der Waals surface area contributed by atoms with Gasteiger partial charge in [-0.05, 0) is 114 Å². The summed E-state index contributed by atoms with van der Waals surface area (Å²) in [5.74, 6) is 0.723. The molecule has 0 aliphatic rings. The Hall–Kier alpha value is -6.32. The minimum absolute atomic E-state index is 0.116. The van der Waals surface area contributed by atoms with Crippen LogP contribution in [0.1, 0.15) is 102 Å². The van der Waals surface area contributed by atoms with Gasteiger partial charge in [0.1, 0.15) is 0 Å². The summed E-state index contributed by atoms with van der Waals surface area (Å²) in [5.41, 5.74) is 23.1. The normalized spacial score (nSPS) is 11.8. The van der Waals surface area contributed by atoms with Gasteiger partial charge in [0, 0.05) is 109 Å². The van der Waals surface area contributed by atoms with E-state index in [-0.39, 0.29) is 23.0 Å². The number of para-hydroxylation sites is 1. The number of aliphatic hydroxyl groups excluding tert-OH is 1. The Labute approximate surface area is 397 Å². The second-order valence-electron chi connectivity index (χ2n) is 19.2. The summed E-state index contributed by atoms with van der Waals surface area (Å²) in [6.07, 6.45) is 1.29. The lowest BCUT2D eigenvalue weighted by Gasteiger charge is -2.19. The monoisotopic (exact) mass is 945 g/mol. The summed E-state index contributed by atoms with van der Waals surface area (Å²) in [4.78, 5) is 22.2. The molecule has 3 heterocycles. The number of aliphatic hydroxyl groups is 1. The molecule has 2 amide bonds. The average molecular weight is 947 g/mol. The number of benzene rings is 6. The maximum Gasteiger partial charge on any atom is 0.219 e. The van der Waals surface area contributed by atoms with Gasteiger partial charge in [-0.25, -0.2) is 0 Å². The number of carbonyl (C=O) groups is 2. The second-order valence-corrected chi connectivity index (χ2v) is 20.2. The standard InChI is InChI=1S/C22H27NO.C19H22N2O.C16H15BrN2O/c1-14(2)17-6-8-21-19(12-17)20-13-18(15(3)4)7-9-22(20)23(21)11-10-16(5)24;1-19(2,3)13-8-9-17-15(12-13)14-6-4-5-7-16(14)21(17)11-10-18(20)22;1-10-2-4-14-12(8-10)13-9-11(17)3-5-15(13)19(14)7-6-16(18)20/h6-9,12-15,24H,5,10-11H2,1-4H3;4-9,12H,10-11H2,1-3H3,(H2,20,22);2-5,8-9H,6-7H2,1H3,(H2,18,20). The van der Waals surface area contributed by atoms with Crippen molar-refractivity contribution in [2.24, 2.45) is 11.5 Å². The number of nitrogens with zero attached hydrogens (tertiary/aromatic N) is 3. The molecule has 0 spiro atoms. The number of nitrogens with two attached hydrogens (primary N) is 2. The fraction of sp³-hybridized carbons (Fsp3) is 0.298. The van der Waals surface area contributed by atoms with Gasteiger partial charge < -0.3 is 30.3 Å². The minimum Gasteiger partial charge on any atom is -0.513 e. The largest absolute Gasteiger partial charge is 0.513 e. The van der Waals surface area contributed by atoms with Crippen molar-refractivity contribution < 1.29 is 14.7 Å². The Morgan fingerprint density at radius 1 is 0.561 bits per heavy atom. The molecule has 0 bridgehead atoms. The van der Waals surface area contributed by atoms with Gasteiger partial charge in [0.05, 0.1) is 5.76 Å². The predicted octanol–water partition coefficient (Wildman–Crippen LogP) is 14.2. The van der Waals surface area contributed by atoms with Gasteiger partial charge in [0.25, 0.3) is 0 Å². The van der Waals surface area contributed by atoms with Crippen molar-refractivity contribution in [3.8, 4) is 0 Å². The van der Waals surface area contributed by atoms with Gasteiger partial charge in [-0.15, -0.1) is 0 Å². The Kier molecular flexibility index (Phi) is 14.2. The Morgan fingerprint density at radius 2 is 0.970 bits per heavy atom. The number of fused-ring (bicyclic) bond motifs is 9. The van der Waals surface area contributed by atoms with Crippen LogP contribution in [0.25, 0.3) is 65.4 Å². The van der Waals surface area contributed by atoms with Crippen LogP contribution in [0.15, 0.2) is 132 Å². The lowest BCUT2D eigenvalue weighted by Crippen LogP contribution is -2.14. The lowest BCUT2D eigenvalue weighted by molar-refractivity contribution is -0.119. The quantitative estimate of drug-likeness (QED) is 0.112. The molecule has 9 aromatic rings. The summed E-state index contributed by atoms with van der Waals surface area (Å²) in [7, 11) is 0. The van der Waals surface area contributed by atoms with E-state index in [1.54, 1.807) is 0 Å². The number of carbonyl (C=O) groups excluding carboxylic acids is 2. The molecular formula is C57H64BrN5O3. The smallest absolute Gasteiger partial charge is 0.219 e. The van der Waals surface area contributed by atoms with E-state index in [1.807, 2.05) is 12.1 Å². The zero-order valence-electron chi connectivity index (χ0n) is 39.7. The van der Waals surface area contributed by atoms with E-state index in [4.69, 9.17) is 11.5 Å². The van der Waals surface area contributed by atoms with Crippen LogP contribution in [0, 0.1) is 6.92 Å². The lowest BCUT2D eigenvalue weighted by atomic mass is 9.86. The zero-order valence-corrected chi connectivity index (χ0v) is 41.3. The highest BCUT2D eigenvalue weighted by atomic mass is 79.9. The van der Waals surface area contributed by atoms with Crippen LogP contribution in [0.3, 0.4) is 0 Å². The van der Waals surface area contributed by atoms with E-state index in [0.717, 1.165) is 33.1 Å². The molecule has 0 saturated heterocycles. The number of hydrogen-bond donors (Lipinski definition) is 3. The molecule has 0 unspecified atom stereocenters. The SMILES string of the molecule is C=C(O)CCn1c2ccc(C(C)C)cc2c2cc(C(C)C)ccc21.CC(C)(C)c1ccc2c(c1)c1ccccc1n2CCC(N)=O.Cc1ccc2c(c1)c1cc(Br)ccc1n2CCC(N)=O. The number of halogens is 1. The Bertz CT molecular complexity index is 3140. The first kappa shape index (κ1) is 47.6. The maximum absolute atomic E-state index is 11.2. The van der Waals surface area contributed by atoms with Crippen molar-refractivity contribution in [2.45, 2.75) is 112 Å². The van der Waals surface area contributed by atoms with Crippen molar-refractivity contribution in [1.29, 1.82) is 0 Å². The van der Waals surface area contributed by atoms with E-state index in [9.17, 15) is 14.7 Å². The first-order chi connectivity index (χ1) is 31.3. The molecule has 66 heavy (non-hydrogen) atoms. The van der Waals surface area contributed by atoms with Gasteiger partial charge in [-0.3, -0.25) is 9.59 Å². The molecule has 6 aromatic carbocycles. The highest BCUT2D eigenvalue weighted by molar-refractivity contribution is 9.10. The van der Waals surface area contributed by atoms with Gasteiger partial charge in [-0.1, -0.05) is 119 Å². The number of aryl methyl sites for hydroxylation is 4. The summed E-state index contributed by atoms with van der Waals surface area (Å²) in [6.45, 7) is 23.3. The topological polar surface area (TPSA) is 121 Å². The molecule has 0 aliphatic carbocycles. The van der Waals surface area contributed by atoms with Crippen LogP contribution < -0.4 is 11.5 Å². The molecule has 0 aliphatic heterocycles. The van der Waals surface area contributed by atoms with E-state index in [2.05, 4.69) is 195 Å². The van der Waals surface area contributed by atoms with E-state index in [0.29, 0.717) is 44.2 Å². The summed E-state index contributed by atoms with van der Waals surface area (Å²) in [6, 6.07) is 41.1. The highest BCUT2D eigenvalue weighted by Gasteiger charge is 2.18. The fourth-order valence-electron chi connectivity index (χ4n) is 8.98. The number of allylic oxidation sites excluding steroid dienone is 1. The molecule has 9 rings (SSSR count). The molecule has 342 valence electrons. The highest BCUT2D eigenvalue weighted by Crippen LogP contribution is 2.36. The van der Waals surface area contributed by atoms with E-state index < -0.39 is 0 Å². The summed E-state index contributed by atoms with van der Waals surface area (Å²) in [5, 5.41) is 17.0. The first-order valence-electron chi connectivity index (χ1n) is 23.0. The molecule has 0 atom stereocenters. The Morgan fingerprint density at radius 3 is 1.45 bits per heavy atom. The van der Waals surface area contributed by atoms with E-state index >= 15 is 0 Å². The van der Waals surface area contributed by atoms with Crippen LogP contribution in [0.4, 0.5) is 0 Å². The number of aromatic nitrogens is 3. The predicted molar refractivity (Wildman–Crippen MR) is 282 cm³/mol. The molecule has 5 N–H and O–H groups in total. The fourth-order valence-corrected chi connectivity index (χ4v) is 9.34. The van der Waals surface area contributed by atoms with Gasteiger partial charge in [0.2, 0.25) is 11.8 Å². The van der Waals surface area contributed by atoms with Gasteiger partial charge >= 0.3 is 0 Å². The van der Waals surface area contributed by atoms with Crippen LogP contribution in [-0.2, 0) is 34.6 Å². The number of primary amides is 2. The average Bonchev–Trinajstić information content (AvgIpc) is 3.87. The summed E-state index contributed by atoms with van der Waals surface area (Å²) >= 11 is 3.52. The van der Waals surface area contributed by atoms with Crippen molar-refractivity contribution >= 4 is 93.2 Å². The minimum atomic E-state index is -0.274. The molecule has 8 nitrogen and oxygen atoms in total. The third kappa shape index (κ3) is 10.2. The van der Waals surface area contributed by atoms with Crippen LogP contribution >= 0.6 is 15.9 Å². The third-order valence-corrected chi connectivity index (χ3v) is 13.1. The molecule has 3 aromatic heterocycles. The van der Waals surface area contributed by atoms with Crippen molar-refractivity contribution in [2.75, 3.05) is 0 Å². The molecule has 0 radical (unpaired) electrons.